The number of benzene rings is 2. The summed E-state index contributed by atoms with van der Waals surface area (Å²) in [6, 6.07) is 20.2. The highest BCUT2D eigenvalue weighted by Gasteiger charge is 2.49. The summed E-state index contributed by atoms with van der Waals surface area (Å²) < 4.78 is 13.3. The third-order valence-corrected chi connectivity index (χ3v) is 6.62. The Kier molecular flexibility index (Phi) is 5.49. The molecular weight excluding hydrogens is 411 g/mol. The molecule has 1 amide bonds. The number of aromatic nitrogens is 1. The molecule has 1 aromatic heterocycles. The molecule has 2 aliphatic carbocycles. The van der Waals surface area contributed by atoms with Crippen molar-refractivity contribution in [1.82, 2.24) is 9.88 Å². The maximum absolute atomic E-state index is 13.8. The summed E-state index contributed by atoms with van der Waals surface area (Å²) in [6.07, 6.45) is 4.81. The van der Waals surface area contributed by atoms with E-state index < -0.39 is 0 Å². The second-order valence-corrected chi connectivity index (χ2v) is 9.06. The van der Waals surface area contributed by atoms with Gasteiger partial charge in [0.25, 0.3) is 0 Å². The van der Waals surface area contributed by atoms with Crippen LogP contribution in [0, 0.1) is 17.7 Å². The number of carbonyl (C=O) groups is 1. The van der Waals surface area contributed by atoms with Crippen molar-refractivity contribution in [2.75, 3.05) is 0 Å². The van der Waals surface area contributed by atoms with E-state index in [0.717, 1.165) is 36.1 Å². The molecule has 3 atom stereocenters. The zero-order valence-corrected chi connectivity index (χ0v) is 17.9. The Labute approximate surface area is 186 Å². The van der Waals surface area contributed by atoms with Gasteiger partial charge in [-0.2, -0.15) is 0 Å². The van der Waals surface area contributed by atoms with E-state index in [-0.39, 0.29) is 29.6 Å². The van der Waals surface area contributed by atoms with Gasteiger partial charge in [-0.25, -0.2) is 4.39 Å². The van der Waals surface area contributed by atoms with Crippen molar-refractivity contribution in [3.63, 3.8) is 0 Å². The zero-order chi connectivity index (χ0) is 21.4. The van der Waals surface area contributed by atoms with E-state index in [9.17, 15) is 9.18 Å². The summed E-state index contributed by atoms with van der Waals surface area (Å²) in [5, 5.41) is 0.694. The van der Waals surface area contributed by atoms with Crippen molar-refractivity contribution in [1.29, 1.82) is 0 Å². The molecule has 0 aliphatic heterocycles. The summed E-state index contributed by atoms with van der Waals surface area (Å²) in [6.45, 7) is 0.482. The molecule has 0 spiro atoms. The molecule has 0 bridgehead atoms. The first-order chi connectivity index (χ1) is 15.1. The maximum atomic E-state index is 13.8. The lowest BCUT2D eigenvalue weighted by Gasteiger charge is -2.33. The van der Waals surface area contributed by atoms with E-state index in [2.05, 4.69) is 4.98 Å². The van der Waals surface area contributed by atoms with Gasteiger partial charge in [0.05, 0.1) is 18.3 Å². The van der Waals surface area contributed by atoms with E-state index in [1.165, 1.54) is 12.1 Å². The molecule has 1 heterocycles. The van der Waals surface area contributed by atoms with Crippen LogP contribution in [-0.2, 0) is 11.3 Å². The first kappa shape index (κ1) is 20.2. The van der Waals surface area contributed by atoms with Crippen LogP contribution in [0.25, 0.3) is 0 Å². The standard InChI is InChI=1S/C26H24ClFN2O/c27-20-10-6-19(7-11-20)25(18-4-5-18)30(16-22-3-1-2-14-29-22)26(31)24-15-23(24)17-8-12-21(28)13-9-17/h1-3,6-14,18,23-25H,4-5,15-16H2/t23-,24+,25?/m1/s1. The highest BCUT2D eigenvalue weighted by atomic mass is 35.5. The summed E-state index contributed by atoms with van der Waals surface area (Å²) in [7, 11) is 0. The van der Waals surface area contributed by atoms with Gasteiger partial charge in [-0.15, -0.1) is 0 Å². The number of carbonyl (C=O) groups excluding carboxylic acids is 1. The van der Waals surface area contributed by atoms with Gasteiger partial charge in [0, 0.05) is 17.1 Å². The van der Waals surface area contributed by atoms with Crippen LogP contribution in [0.5, 0.6) is 0 Å². The number of amides is 1. The molecule has 0 N–H and O–H groups in total. The summed E-state index contributed by atoms with van der Waals surface area (Å²) in [5.41, 5.74) is 3.04. The fourth-order valence-electron chi connectivity index (χ4n) is 4.52. The zero-order valence-electron chi connectivity index (χ0n) is 17.1. The molecule has 2 saturated carbocycles. The van der Waals surface area contributed by atoms with Crippen LogP contribution < -0.4 is 0 Å². The number of rotatable bonds is 7. The molecule has 2 aliphatic rings. The molecule has 5 rings (SSSR count). The molecule has 2 fully saturated rings. The highest BCUT2D eigenvalue weighted by Crippen LogP contribution is 2.52. The molecule has 0 saturated heterocycles. The van der Waals surface area contributed by atoms with Crippen LogP contribution in [0.2, 0.25) is 5.02 Å². The topological polar surface area (TPSA) is 33.2 Å². The van der Waals surface area contributed by atoms with Crippen molar-refractivity contribution in [3.8, 4) is 0 Å². The molecule has 31 heavy (non-hydrogen) atoms. The van der Waals surface area contributed by atoms with Gasteiger partial charge in [0.2, 0.25) is 5.91 Å². The summed E-state index contributed by atoms with van der Waals surface area (Å²) >= 11 is 6.12. The Balaban J connectivity index is 1.44. The monoisotopic (exact) mass is 434 g/mol. The molecule has 3 aromatic rings. The second kappa shape index (κ2) is 8.43. The van der Waals surface area contributed by atoms with E-state index >= 15 is 0 Å². The van der Waals surface area contributed by atoms with Crippen molar-refractivity contribution < 1.29 is 9.18 Å². The lowest BCUT2D eigenvalue weighted by molar-refractivity contribution is -0.136. The number of nitrogens with zero attached hydrogens (tertiary/aromatic N) is 2. The first-order valence-corrected chi connectivity index (χ1v) is 11.2. The summed E-state index contributed by atoms with van der Waals surface area (Å²) in [5.74, 6) is 0.455. The van der Waals surface area contributed by atoms with Gasteiger partial charge in [-0.1, -0.05) is 41.9 Å². The molecular formula is C26H24ClFN2O. The highest BCUT2D eigenvalue weighted by molar-refractivity contribution is 6.30. The minimum Gasteiger partial charge on any atom is -0.329 e. The van der Waals surface area contributed by atoms with E-state index in [1.54, 1.807) is 18.3 Å². The van der Waals surface area contributed by atoms with Crippen LogP contribution in [0.1, 0.15) is 48.0 Å². The van der Waals surface area contributed by atoms with Gasteiger partial charge in [-0.05, 0) is 78.6 Å². The fraction of sp³-hybridized carbons (Fsp3) is 0.308. The molecule has 3 nitrogen and oxygen atoms in total. The first-order valence-electron chi connectivity index (χ1n) is 10.8. The number of pyridine rings is 1. The lowest BCUT2D eigenvalue weighted by atomic mass is 9.99. The smallest absolute Gasteiger partial charge is 0.227 e. The Morgan fingerprint density at radius 1 is 1.06 bits per heavy atom. The number of hydrogen-bond acceptors (Lipinski definition) is 2. The van der Waals surface area contributed by atoms with Crippen LogP contribution in [0.15, 0.2) is 72.9 Å². The van der Waals surface area contributed by atoms with Crippen LogP contribution in [0.4, 0.5) is 4.39 Å². The van der Waals surface area contributed by atoms with Crippen molar-refractivity contribution >= 4 is 17.5 Å². The van der Waals surface area contributed by atoms with Gasteiger partial charge >= 0.3 is 0 Å². The third-order valence-electron chi connectivity index (χ3n) is 6.36. The van der Waals surface area contributed by atoms with Gasteiger partial charge in [0.15, 0.2) is 0 Å². The normalized spacial score (nSPS) is 20.8. The largest absolute Gasteiger partial charge is 0.329 e. The second-order valence-electron chi connectivity index (χ2n) is 8.62. The van der Waals surface area contributed by atoms with Gasteiger partial charge in [-0.3, -0.25) is 9.78 Å². The SMILES string of the molecule is O=C([C@H]1C[C@@H]1c1ccc(F)cc1)N(Cc1ccccn1)C(c1ccc(Cl)cc1)C1CC1. The number of hydrogen-bond donors (Lipinski definition) is 0. The Hall–Kier alpha value is -2.72. The quantitative estimate of drug-likeness (QED) is 0.446. The third kappa shape index (κ3) is 4.49. The molecule has 0 radical (unpaired) electrons. The Morgan fingerprint density at radius 2 is 1.81 bits per heavy atom. The van der Waals surface area contributed by atoms with Crippen LogP contribution in [0.3, 0.4) is 0 Å². The Morgan fingerprint density at radius 3 is 2.45 bits per heavy atom. The lowest BCUT2D eigenvalue weighted by Crippen LogP contribution is -2.37. The molecule has 158 valence electrons. The van der Waals surface area contributed by atoms with Crippen molar-refractivity contribution in [3.05, 3.63) is 101 Å². The van der Waals surface area contributed by atoms with Gasteiger partial charge < -0.3 is 4.90 Å². The maximum Gasteiger partial charge on any atom is 0.227 e. The summed E-state index contributed by atoms with van der Waals surface area (Å²) in [4.78, 5) is 20.3. The minimum atomic E-state index is -0.249. The van der Waals surface area contributed by atoms with E-state index in [1.807, 2.05) is 47.4 Å². The average Bonchev–Trinajstić information content (AvgIpc) is 3.70. The predicted octanol–water partition coefficient (Wildman–Crippen LogP) is 6.16. The van der Waals surface area contributed by atoms with E-state index in [4.69, 9.17) is 11.6 Å². The van der Waals surface area contributed by atoms with Crippen LogP contribution in [-0.4, -0.2) is 15.8 Å². The van der Waals surface area contributed by atoms with E-state index in [0.29, 0.717) is 17.5 Å². The van der Waals surface area contributed by atoms with Crippen molar-refractivity contribution in [2.45, 2.75) is 37.8 Å². The van der Waals surface area contributed by atoms with Crippen LogP contribution >= 0.6 is 11.6 Å². The number of halogens is 2. The van der Waals surface area contributed by atoms with Crippen molar-refractivity contribution in [2.24, 2.45) is 11.8 Å². The van der Waals surface area contributed by atoms with Gasteiger partial charge in [0.1, 0.15) is 5.82 Å². The Bertz CT molecular complexity index is 1050. The predicted molar refractivity (Wildman–Crippen MR) is 119 cm³/mol. The fourth-order valence-corrected chi connectivity index (χ4v) is 4.64. The molecule has 1 unspecified atom stereocenters. The molecule has 5 heteroatoms. The molecule has 2 aromatic carbocycles. The minimum absolute atomic E-state index is 0.0150. The average molecular weight is 435 g/mol.